The summed E-state index contributed by atoms with van der Waals surface area (Å²) in [6.07, 6.45) is 34.0. The molecule has 0 aromatic heterocycles. The Morgan fingerprint density at radius 3 is 0.839 bits per heavy atom. The number of hydrogen-bond acceptors (Lipinski definition) is 1. The van der Waals surface area contributed by atoms with Gasteiger partial charge in [-0.2, -0.15) is 0 Å². The molecule has 0 aliphatic heterocycles. The van der Waals surface area contributed by atoms with Crippen molar-refractivity contribution in [3.63, 3.8) is 0 Å². The molecule has 1 nitrogen and oxygen atoms in total. The van der Waals surface area contributed by atoms with Crippen LogP contribution in [0.4, 0.5) is 0 Å². The average molecular weight is 505 g/mol. The number of halogens is 1. The Kier molecular flexibility index (Phi) is 28.9. The van der Waals surface area contributed by atoms with Gasteiger partial charge in [0.25, 0.3) is 0 Å². The molecular formula is C29H62BrN. The fourth-order valence-corrected chi connectivity index (χ4v) is 5.05. The van der Waals surface area contributed by atoms with Crippen molar-refractivity contribution in [2.45, 2.75) is 175 Å². The van der Waals surface area contributed by atoms with Crippen LogP contribution in [0.25, 0.3) is 0 Å². The highest BCUT2D eigenvalue weighted by atomic mass is 79.9. The Balaban J connectivity index is 0. The first-order valence-electron chi connectivity index (χ1n) is 14.4. The average Bonchev–Trinajstić information content (AvgIpc) is 2.76. The Morgan fingerprint density at radius 1 is 0.387 bits per heavy atom. The van der Waals surface area contributed by atoms with E-state index in [4.69, 9.17) is 5.73 Å². The van der Waals surface area contributed by atoms with E-state index in [1.807, 2.05) is 0 Å². The van der Waals surface area contributed by atoms with Gasteiger partial charge in [-0.15, -0.1) is 17.0 Å². The second-order valence-electron chi connectivity index (χ2n) is 10.3. The summed E-state index contributed by atoms with van der Waals surface area (Å²) in [5.41, 5.74) is 6.90. The zero-order valence-electron chi connectivity index (χ0n) is 22.2. The molecule has 0 saturated carbocycles. The molecule has 0 aromatic rings. The molecule has 31 heavy (non-hydrogen) atoms. The van der Waals surface area contributed by atoms with Crippen molar-refractivity contribution in [2.24, 2.45) is 11.1 Å². The van der Waals surface area contributed by atoms with Crippen LogP contribution in [-0.2, 0) is 0 Å². The van der Waals surface area contributed by atoms with Crippen molar-refractivity contribution in [1.82, 2.24) is 0 Å². The number of hydrogen-bond donors (Lipinski definition) is 1. The summed E-state index contributed by atoms with van der Waals surface area (Å²) in [4.78, 5) is 0. The zero-order chi connectivity index (χ0) is 22.2. The van der Waals surface area contributed by atoms with Crippen LogP contribution in [0.15, 0.2) is 0 Å². The lowest BCUT2D eigenvalue weighted by Gasteiger charge is -2.33. The van der Waals surface area contributed by atoms with Crippen LogP contribution in [0.2, 0.25) is 0 Å². The first-order chi connectivity index (χ1) is 14.7. The van der Waals surface area contributed by atoms with Gasteiger partial charge in [0.15, 0.2) is 0 Å². The van der Waals surface area contributed by atoms with E-state index in [-0.39, 0.29) is 17.0 Å². The van der Waals surface area contributed by atoms with Crippen molar-refractivity contribution >= 4 is 17.0 Å². The maximum absolute atomic E-state index is 6.45. The highest BCUT2D eigenvalue weighted by Gasteiger charge is 2.27. The third kappa shape index (κ3) is 22.0. The SMILES string of the molecule is Br.CCCCCCCCCC(CN)(CCCCCCCCC)CCCCCCCCC. The van der Waals surface area contributed by atoms with Crippen molar-refractivity contribution in [3.8, 4) is 0 Å². The summed E-state index contributed by atoms with van der Waals surface area (Å²) in [5, 5.41) is 0. The van der Waals surface area contributed by atoms with E-state index in [0.717, 1.165) is 6.54 Å². The quantitative estimate of drug-likeness (QED) is 0.123. The van der Waals surface area contributed by atoms with E-state index in [0.29, 0.717) is 5.41 Å². The van der Waals surface area contributed by atoms with E-state index in [1.165, 1.54) is 154 Å². The van der Waals surface area contributed by atoms with Crippen LogP contribution in [0.5, 0.6) is 0 Å². The molecule has 0 aromatic carbocycles. The Hall–Kier alpha value is 0.440. The molecule has 0 atom stereocenters. The largest absolute Gasteiger partial charge is 0.330 e. The van der Waals surface area contributed by atoms with Gasteiger partial charge in [0, 0.05) is 0 Å². The maximum Gasteiger partial charge on any atom is -0.00205 e. The lowest BCUT2D eigenvalue weighted by molar-refractivity contribution is 0.204. The second kappa shape index (κ2) is 26.7. The first kappa shape index (κ1) is 33.6. The lowest BCUT2D eigenvalue weighted by Crippen LogP contribution is -2.31. The molecule has 0 radical (unpaired) electrons. The van der Waals surface area contributed by atoms with Crippen LogP contribution < -0.4 is 5.73 Å². The van der Waals surface area contributed by atoms with Crippen molar-refractivity contribution < 1.29 is 0 Å². The van der Waals surface area contributed by atoms with Crippen LogP contribution in [0.3, 0.4) is 0 Å². The second-order valence-corrected chi connectivity index (χ2v) is 10.3. The lowest BCUT2D eigenvalue weighted by atomic mass is 9.74. The number of unbranched alkanes of at least 4 members (excludes halogenated alkanes) is 18. The van der Waals surface area contributed by atoms with Gasteiger partial charge >= 0.3 is 0 Å². The van der Waals surface area contributed by atoms with E-state index < -0.39 is 0 Å². The molecule has 0 saturated heterocycles. The van der Waals surface area contributed by atoms with Gasteiger partial charge < -0.3 is 5.73 Å². The van der Waals surface area contributed by atoms with Gasteiger partial charge in [0.1, 0.15) is 0 Å². The first-order valence-corrected chi connectivity index (χ1v) is 14.4. The molecule has 0 rings (SSSR count). The molecule has 0 amide bonds. The fraction of sp³-hybridized carbons (Fsp3) is 1.00. The minimum atomic E-state index is 0. The number of rotatable bonds is 25. The van der Waals surface area contributed by atoms with Crippen LogP contribution in [0.1, 0.15) is 175 Å². The summed E-state index contributed by atoms with van der Waals surface area (Å²) in [6.45, 7) is 7.85. The summed E-state index contributed by atoms with van der Waals surface area (Å²) < 4.78 is 0. The predicted octanol–water partition coefficient (Wildman–Crippen LogP) is 10.9. The summed E-state index contributed by atoms with van der Waals surface area (Å²) in [7, 11) is 0. The van der Waals surface area contributed by atoms with Gasteiger partial charge in [-0.25, -0.2) is 0 Å². The van der Waals surface area contributed by atoms with E-state index >= 15 is 0 Å². The normalized spacial score (nSPS) is 11.6. The molecule has 0 aliphatic rings. The molecule has 0 unspecified atom stereocenters. The summed E-state index contributed by atoms with van der Waals surface area (Å²) >= 11 is 0. The van der Waals surface area contributed by atoms with Crippen molar-refractivity contribution in [2.75, 3.05) is 6.54 Å². The van der Waals surface area contributed by atoms with Gasteiger partial charge in [-0.3, -0.25) is 0 Å². The fourth-order valence-electron chi connectivity index (χ4n) is 5.05. The zero-order valence-corrected chi connectivity index (χ0v) is 23.9. The smallest absolute Gasteiger partial charge is 0.00205 e. The van der Waals surface area contributed by atoms with Crippen LogP contribution in [-0.4, -0.2) is 6.54 Å². The molecule has 2 heteroatoms. The van der Waals surface area contributed by atoms with Gasteiger partial charge in [-0.1, -0.05) is 156 Å². The Morgan fingerprint density at radius 2 is 0.613 bits per heavy atom. The van der Waals surface area contributed by atoms with Crippen LogP contribution >= 0.6 is 17.0 Å². The molecule has 0 spiro atoms. The standard InChI is InChI=1S/C29H61N.BrH/c1-4-7-10-13-16-19-22-25-29(28-30,26-23-20-17-14-11-8-5-2)27-24-21-18-15-12-9-6-3;/h4-28,30H2,1-3H3;1H. The summed E-state index contributed by atoms with van der Waals surface area (Å²) in [5.74, 6) is 0. The third-order valence-corrected chi connectivity index (χ3v) is 7.36. The Bertz CT molecular complexity index is 272. The van der Waals surface area contributed by atoms with E-state index in [2.05, 4.69) is 20.8 Å². The minimum Gasteiger partial charge on any atom is -0.330 e. The van der Waals surface area contributed by atoms with Gasteiger partial charge in [0.05, 0.1) is 0 Å². The van der Waals surface area contributed by atoms with Gasteiger partial charge in [0.2, 0.25) is 0 Å². The summed E-state index contributed by atoms with van der Waals surface area (Å²) in [6, 6.07) is 0. The van der Waals surface area contributed by atoms with Crippen molar-refractivity contribution in [1.29, 1.82) is 0 Å². The topological polar surface area (TPSA) is 26.0 Å². The highest BCUT2D eigenvalue weighted by Crippen LogP contribution is 2.36. The number of nitrogens with two attached hydrogens (primary N) is 1. The third-order valence-electron chi connectivity index (χ3n) is 7.36. The molecule has 0 heterocycles. The molecular weight excluding hydrogens is 442 g/mol. The van der Waals surface area contributed by atoms with Gasteiger partial charge in [-0.05, 0) is 31.2 Å². The molecule has 2 N–H and O–H groups in total. The molecule has 0 fully saturated rings. The van der Waals surface area contributed by atoms with Crippen LogP contribution in [0, 0.1) is 5.41 Å². The van der Waals surface area contributed by atoms with E-state index in [9.17, 15) is 0 Å². The highest BCUT2D eigenvalue weighted by molar-refractivity contribution is 8.93. The molecule has 0 bridgehead atoms. The predicted molar refractivity (Wildman–Crippen MR) is 150 cm³/mol. The monoisotopic (exact) mass is 503 g/mol. The van der Waals surface area contributed by atoms with E-state index in [1.54, 1.807) is 0 Å². The maximum atomic E-state index is 6.45. The molecule has 0 aliphatic carbocycles. The Labute approximate surface area is 209 Å². The minimum absolute atomic E-state index is 0. The molecule has 190 valence electrons. The van der Waals surface area contributed by atoms with Crippen molar-refractivity contribution in [3.05, 3.63) is 0 Å².